The van der Waals surface area contributed by atoms with Gasteiger partial charge in [-0.1, -0.05) is 7.43 Å². The van der Waals surface area contributed by atoms with Crippen molar-refractivity contribution in [2.45, 2.75) is 259 Å². The summed E-state index contributed by atoms with van der Waals surface area (Å²) in [6, 6.07) is 1.60. The zero-order valence-corrected chi connectivity index (χ0v) is 60.2. The van der Waals surface area contributed by atoms with E-state index < -0.39 is 0 Å². The van der Waals surface area contributed by atoms with Gasteiger partial charge in [-0.2, -0.15) is 4.99 Å². The van der Waals surface area contributed by atoms with Crippen molar-refractivity contribution in [2.24, 2.45) is 81.7 Å². The molecule has 4 saturated heterocycles. The SMILES string of the molecule is C.CN1CCCC(N)C1.CN1CCCC(NC(=O)NC23CC4CC(CC(C4)C2)C3)C1.II.O=C(NC1CCCNC1)NC12CC3CC(CC(C3)C1)C2.O=C=NC12CC3CC(CC(C3)C1)C2.[CH2-]N1CCCC(NC(=O)NC23CC4CC(CC(C4)C2)C3)C1.[Y]. The first-order chi connectivity index (χ1) is 41.0. The van der Waals surface area contributed by atoms with Gasteiger partial charge in [0.1, 0.15) is 0 Å². The molecular weight excluding hydrogens is 1390 g/mol. The van der Waals surface area contributed by atoms with Gasteiger partial charge in [0.05, 0.1) is 5.54 Å². The predicted octanol–water partition coefficient (Wildman–Crippen LogP) is 11.6. The standard InChI is InChI=1S/C17H29N3O.C17H28N3O.C16H27N3O.C11H15NO.C6H14N2.CH4.I2.Y/c2*1-20-4-2-3-15(11-20)18-16(21)19-17-8-12-5-13(9-17)7-14(6-12)10-17;20-15(18-14-2-1-3-17-10-14)19-16-7-11-4-12(8-16)6-13(5-11)9-16;13-7-12-11-4-8-1-9(5-11)3-10(2-8)6-11;1-8-4-2-3-6(7)5-8;;1-2;/h12-15H,2-11H2,1H3,(H2,18,19,21);12-15H,1-11H2,(H2,18,19,21);11-14,17H,1-10H2,(H2,18,19,20);8-10H,1-6H2;6H,2-5,7H2,1H3;1H4;;/q;-1;;;;;;. The van der Waals surface area contributed by atoms with Gasteiger partial charge in [0, 0.05) is 130 Å². The van der Waals surface area contributed by atoms with Crippen LogP contribution in [0.4, 0.5) is 14.4 Å². The first-order valence-corrected chi connectivity index (χ1v) is 41.2. The van der Waals surface area contributed by atoms with E-state index >= 15 is 0 Å². The number of nitrogens with zero attached hydrogens (tertiary/aromatic N) is 4. The number of likely N-dealkylation sites (N-methyl/N-ethyl adjacent to an activating group) is 2. The summed E-state index contributed by atoms with van der Waals surface area (Å²) < 4.78 is 0. The van der Waals surface area contributed by atoms with Crippen LogP contribution in [0.2, 0.25) is 0 Å². The van der Waals surface area contributed by atoms with Crippen molar-refractivity contribution in [3.05, 3.63) is 7.05 Å². The fraction of sp³-hybridized carbons (Fsp3) is 0.926. The number of halogens is 2. The van der Waals surface area contributed by atoms with E-state index in [1.165, 1.54) is 186 Å². The van der Waals surface area contributed by atoms with Crippen molar-refractivity contribution in [3.8, 4) is 0 Å². The maximum Gasteiger partial charge on any atom is 0.315 e. The maximum absolute atomic E-state index is 12.5. The van der Waals surface area contributed by atoms with E-state index in [4.69, 9.17) is 5.73 Å². The van der Waals surface area contributed by atoms with Gasteiger partial charge in [-0.15, -0.1) is 0 Å². The molecule has 0 spiro atoms. The van der Waals surface area contributed by atoms with E-state index in [1.807, 2.05) is 0 Å². The van der Waals surface area contributed by atoms with Crippen LogP contribution in [0.1, 0.15) is 213 Å². The van der Waals surface area contributed by atoms with Gasteiger partial charge in [0.2, 0.25) is 6.08 Å². The second-order valence-electron chi connectivity index (χ2n) is 32.5. The number of rotatable bonds is 7. The summed E-state index contributed by atoms with van der Waals surface area (Å²) in [5.41, 5.74) is 6.14. The van der Waals surface area contributed by atoms with Crippen molar-refractivity contribution in [1.82, 2.24) is 51.9 Å². The molecule has 20 aliphatic rings. The molecule has 20 rings (SSSR count). The number of carbonyl (C=O) groups is 3. The first-order valence-electron chi connectivity index (χ1n) is 34.9. The molecule has 19 heteroatoms. The Balaban J connectivity index is 0.000000132. The van der Waals surface area contributed by atoms with Crippen LogP contribution < -0.4 is 43.0 Å². The van der Waals surface area contributed by atoms with E-state index in [-0.39, 0.29) is 86.4 Å². The molecule has 0 aromatic carbocycles. The van der Waals surface area contributed by atoms with Gasteiger partial charge >= 0.3 is 18.1 Å². The number of piperidine rings is 4. The van der Waals surface area contributed by atoms with Crippen LogP contribution in [0.3, 0.4) is 0 Å². The number of isocyanates is 1. The molecule has 0 aromatic rings. The number of likely N-dealkylation sites (tertiary alicyclic amines) is 3. The molecule has 20 fully saturated rings. The predicted molar refractivity (Wildman–Crippen MR) is 363 cm³/mol. The maximum atomic E-state index is 12.5. The molecule has 4 unspecified atom stereocenters. The number of nitrogens with one attached hydrogen (secondary N) is 7. The van der Waals surface area contributed by atoms with E-state index in [2.05, 4.69) is 115 Å². The number of carbonyl (C=O) groups excluding carboxylic acids is 4. The van der Waals surface area contributed by atoms with Crippen molar-refractivity contribution in [2.75, 3.05) is 66.5 Å². The molecular formula is C68H117I2N12O4Y-. The summed E-state index contributed by atoms with van der Waals surface area (Å²) in [7, 11) is 8.26. The molecule has 4 aliphatic heterocycles. The Kier molecular flexibility index (Phi) is 26.0. The van der Waals surface area contributed by atoms with Crippen molar-refractivity contribution < 1.29 is 51.9 Å². The zero-order chi connectivity index (χ0) is 59.3. The summed E-state index contributed by atoms with van der Waals surface area (Å²) in [5.74, 6) is 10.6. The molecule has 9 N–H and O–H groups in total. The summed E-state index contributed by atoms with van der Waals surface area (Å²) in [6.07, 6.45) is 42.7. The zero-order valence-electron chi connectivity index (χ0n) is 53.1. The minimum atomic E-state index is 0. The fourth-order valence-electron chi connectivity index (χ4n) is 23.1. The quantitative estimate of drug-likeness (QED) is 0.0529. The Morgan fingerprint density at radius 1 is 0.494 bits per heavy atom. The van der Waals surface area contributed by atoms with E-state index in [0.29, 0.717) is 18.1 Å². The normalized spacial score (nSPS) is 43.5. The van der Waals surface area contributed by atoms with Crippen LogP contribution in [-0.2, 0) is 37.5 Å². The van der Waals surface area contributed by atoms with Crippen LogP contribution in [-0.4, -0.2) is 152 Å². The molecule has 16 aliphatic carbocycles. The van der Waals surface area contributed by atoms with Crippen molar-refractivity contribution in [3.63, 3.8) is 0 Å². The third-order valence-corrected chi connectivity index (χ3v) is 24.6. The first kappa shape index (κ1) is 70.9. The van der Waals surface area contributed by atoms with Gasteiger partial charge in [-0.25, -0.2) is 19.2 Å². The number of aliphatic imine (C=N–C) groups is 1. The number of hydrogen-bond acceptors (Lipinski definition) is 10. The number of hydrogen-bond donors (Lipinski definition) is 8. The van der Waals surface area contributed by atoms with Gasteiger partial charge in [-0.3, -0.25) is 7.05 Å². The van der Waals surface area contributed by atoms with E-state index in [0.717, 1.165) is 143 Å². The van der Waals surface area contributed by atoms with Gasteiger partial charge < -0.3 is 57.7 Å². The Morgan fingerprint density at radius 2 is 0.816 bits per heavy atom. The minimum Gasteiger partial charge on any atom is -0.458 e. The second kappa shape index (κ2) is 31.9. The molecule has 16 bridgehead atoms. The van der Waals surface area contributed by atoms with Crippen LogP contribution in [0.25, 0.3) is 0 Å². The molecule has 491 valence electrons. The smallest absolute Gasteiger partial charge is 0.315 e. The summed E-state index contributed by atoms with van der Waals surface area (Å²) in [5, 5.41) is 23.2. The average molecular weight is 1510 g/mol. The van der Waals surface area contributed by atoms with Crippen LogP contribution in [0.15, 0.2) is 4.99 Å². The fourth-order valence-corrected chi connectivity index (χ4v) is 23.1. The molecule has 1 radical (unpaired) electrons. The Bertz CT molecular complexity index is 2060. The summed E-state index contributed by atoms with van der Waals surface area (Å²) in [6.45, 7) is 8.42. The van der Waals surface area contributed by atoms with E-state index in [1.54, 1.807) is 6.08 Å². The van der Waals surface area contributed by atoms with Crippen LogP contribution >= 0.6 is 37.2 Å². The Labute approximate surface area is 574 Å². The summed E-state index contributed by atoms with van der Waals surface area (Å²) >= 11 is 4.24. The molecule has 0 aromatic heterocycles. The molecule has 4 atom stereocenters. The third kappa shape index (κ3) is 19.2. The minimum absolute atomic E-state index is 0. The molecule has 87 heavy (non-hydrogen) atoms. The van der Waals surface area contributed by atoms with Gasteiger partial charge in [0.25, 0.3) is 0 Å². The third-order valence-electron chi connectivity index (χ3n) is 24.6. The monoisotopic (exact) mass is 1510 g/mol. The average Bonchev–Trinajstić information content (AvgIpc) is 2.75. The molecule has 16 nitrogen and oxygen atoms in total. The van der Waals surface area contributed by atoms with Gasteiger partial charge in [-0.05, 0) is 323 Å². The van der Waals surface area contributed by atoms with Crippen LogP contribution in [0, 0.1) is 78.1 Å². The van der Waals surface area contributed by atoms with Crippen LogP contribution in [0.5, 0.6) is 0 Å². The number of nitrogens with two attached hydrogens (primary N) is 1. The van der Waals surface area contributed by atoms with Crippen molar-refractivity contribution >= 4 is 61.4 Å². The second-order valence-corrected chi connectivity index (χ2v) is 32.5. The van der Waals surface area contributed by atoms with Gasteiger partial charge in [0.15, 0.2) is 0 Å². The molecule has 6 amide bonds. The molecule has 16 saturated carbocycles. The molecule has 4 heterocycles. The largest absolute Gasteiger partial charge is 0.458 e. The number of amides is 6. The summed E-state index contributed by atoms with van der Waals surface area (Å²) in [4.78, 5) is 58.4. The Hall–Kier alpha value is -0.446. The topological polar surface area (TPSA) is 201 Å². The number of urea groups is 3. The van der Waals surface area contributed by atoms with E-state index in [9.17, 15) is 19.2 Å². The van der Waals surface area contributed by atoms with Crippen molar-refractivity contribution in [1.29, 1.82) is 0 Å². The Morgan fingerprint density at radius 3 is 1.13 bits per heavy atom.